The molecule has 25 heavy (non-hydrogen) atoms. The molecule has 0 saturated carbocycles. The average Bonchev–Trinajstić information content (AvgIpc) is 2.99. The van der Waals surface area contributed by atoms with Gasteiger partial charge in [-0.1, -0.05) is 36.0 Å². The van der Waals surface area contributed by atoms with Crippen LogP contribution < -0.4 is 11.0 Å². The van der Waals surface area contributed by atoms with Gasteiger partial charge < -0.3 is 15.3 Å². The summed E-state index contributed by atoms with van der Waals surface area (Å²) in [4.78, 5) is 33.3. The van der Waals surface area contributed by atoms with Gasteiger partial charge in [0.25, 0.3) is 0 Å². The third kappa shape index (κ3) is 3.41. The van der Waals surface area contributed by atoms with Gasteiger partial charge in [0, 0.05) is 11.1 Å². The third-order valence-electron chi connectivity index (χ3n) is 3.72. The number of aromatic amines is 2. The fourth-order valence-electron chi connectivity index (χ4n) is 2.57. The average molecular weight is 350 g/mol. The third-order valence-corrected chi connectivity index (χ3v) is 4.65. The van der Waals surface area contributed by atoms with E-state index in [2.05, 4.69) is 20.3 Å². The van der Waals surface area contributed by atoms with Crippen LogP contribution in [0.2, 0.25) is 0 Å². The van der Waals surface area contributed by atoms with E-state index in [1.54, 1.807) is 18.2 Å². The Hall–Kier alpha value is -3.06. The minimum Gasteiger partial charge on any atom is -0.325 e. The molecular formula is C18H14N4O2S. The van der Waals surface area contributed by atoms with E-state index in [1.165, 1.54) is 11.8 Å². The van der Waals surface area contributed by atoms with Crippen LogP contribution >= 0.6 is 11.8 Å². The molecule has 0 bridgehead atoms. The summed E-state index contributed by atoms with van der Waals surface area (Å²) in [5.41, 5.74) is 2.65. The zero-order chi connectivity index (χ0) is 17.2. The summed E-state index contributed by atoms with van der Waals surface area (Å²) in [6.07, 6.45) is 0. The normalized spacial score (nSPS) is 11.0. The van der Waals surface area contributed by atoms with E-state index in [4.69, 9.17) is 0 Å². The van der Waals surface area contributed by atoms with Gasteiger partial charge in [-0.15, -0.1) is 0 Å². The van der Waals surface area contributed by atoms with Crippen molar-refractivity contribution in [3.8, 4) is 0 Å². The molecule has 0 radical (unpaired) electrons. The topological polar surface area (TPSA) is 90.6 Å². The highest BCUT2D eigenvalue weighted by Crippen LogP contribution is 2.20. The van der Waals surface area contributed by atoms with E-state index in [-0.39, 0.29) is 17.3 Å². The zero-order valence-corrected chi connectivity index (χ0v) is 13.9. The lowest BCUT2D eigenvalue weighted by Crippen LogP contribution is -2.14. The SMILES string of the molecule is O=C(CSc1ccc2ccccc2n1)Nc1ccc2[nH]c(=O)[nH]c2c1. The first-order valence-corrected chi connectivity index (χ1v) is 8.66. The van der Waals surface area contributed by atoms with Crippen molar-refractivity contribution in [3.05, 3.63) is 65.1 Å². The molecule has 2 aromatic heterocycles. The van der Waals surface area contributed by atoms with Crippen LogP contribution in [-0.2, 0) is 4.79 Å². The maximum Gasteiger partial charge on any atom is 0.323 e. The number of thioether (sulfide) groups is 1. The number of anilines is 1. The number of imidazole rings is 1. The summed E-state index contributed by atoms with van der Waals surface area (Å²) in [5, 5.41) is 4.71. The van der Waals surface area contributed by atoms with Gasteiger partial charge >= 0.3 is 5.69 Å². The van der Waals surface area contributed by atoms with Crippen molar-refractivity contribution in [2.75, 3.05) is 11.1 Å². The van der Waals surface area contributed by atoms with E-state index in [1.807, 2.05) is 36.4 Å². The van der Waals surface area contributed by atoms with Gasteiger partial charge in [0.1, 0.15) is 0 Å². The van der Waals surface area contributed by atoms with Crippen LogP contribution in [0.5, 0.6) is 0 Å². The number of carbonyl (C=O) groups is 1. The zero-order valence-electron chi connectivity index (χ0n) is 13.1. The molecular weight excluding hydrogens is 336 g/mol. The van der Waals surface area contributed by atoms with Crippen LogP contribution in [0.4, 0.5) is 5.69 Å². The van der Waals surface area contributed by atoms with E-state index in [9.17, 15) is 9.59 Å². The number of rotatable bonds is 4. The lowest BCUT2D eigenvalue weighted by Gasteiger charge is -2.05. The highest BCUT2D eigenvalue weighted by atomic mass is 32.2. The van der Waals surface area contributed by atoms with Crippen molar-refractivity contribution in [2.24, 2.45) is 0 Å². The Morgan fingerprint density at radius 2 is 1.88 bits per heavy atom. The van der Waals surface area contributed by atoms with Gasteiger partial charge in [-0.3, -0.25) is 4.79 Å². The summed E-state index contributed by atoms with van der Waals surface area (Å²) in [6, 6.07) is 17.0. The molecule has 0 unspecified atom stereocenters. The second kappa shape index (κ2) is 6.45. The van der Waals surface area contributed by atoms with Gasteiger partial charge in [-0.25, -0.2) is 9.78 Å². The van der Waals surface area contributed by atoms with Crippen LogP contribution in [0.3, 0.4) is 0 Å². The minimum absolute atomic E-state index is 0.128. The van der Waals surface area contributed by atoms with Crippen molar-refractivity contribution in [1.82, 2.24) is 15.0 Å². The fraction of sp³-hybridized carbons (Fsp3) is 0.0556. The Morgan fingerprint density at radius 1 is 1.04 bits per heavy atom. The first-order chi connectivity index (χ1) is 12.2. The molecule has 0 fully saturated rings. The van der Waals surface area contributed by atoms with E-state index < -0.39 is 0 Å². The first kappa shape index (κ1) is 15.5. The molecule has 4 rings (SSSR count). The number of amides is 1. The van der Waals surface area contributed by atoms with E-state index in [0.29, 0.717) is 16.7 Å². The minimum atomic E-state index is -0.267. The smallest absolute Gasteiger partial charge is 0.323 e. The molecule has 7 heteroatoms. The van der Waals surface area contributed by atoms with Crippen molar-refractivity contribution in [3.63, 3.8) is 0 Å². The molecule has 2 aromatic carbocycles. The lowest BCUT2D eigenvalue weighted by molar-refractivity contribution is -0.113. The Kier molecular flexibility index (Phi) is 3.99. The predicted octanol–water partition coefficient (Wildman–Crippen LogP) is 3.14. The molecule has 0 saturated heterocycles. The number of fused-ring (bicyclic) bond motifs is 2. The second-order valence-corrected chi connectivity index (χ2v) is 6.51. The van der Waals surface area contributed by atoms with Crippen molar-refractivity contribution in [2.45, 2.75) is 5.03 Å². The maximum absolute atomic E-state index is 12.2. The summed E-state index contributed by atoms with van der Waals surface area (Å²) in [5.74, 6) is 0.129. The molecule has 0 aliphatic heterocycles. The van der Waals surface area contributed by atoms with Gasteiger partial charge in [-0.2, -0.15) is 0 Å². The molecule has 0 atom stereocenters. The van der Waals surface area contributed by atoms with Crippen LogP contribution in [0, 0.1) is 0 Å². The predicted molar refractivity (Wildman–Crippen MR) is 100 cm³/mol. The molecule has 3 N–H and O–H groups in total. The van der Waals surface area contributed by atoms with Crippen LogP contribution in [0.15, 0.2) is 64.4 Å². The molecule has 2 heterocycles. The van der Waals surface area contributed by atoms with Gasteiger partial charge in [0.15, 0.2) is 0 Å². The fourth-order valence-corrected chi connectivity index (χ4v) is 3.25. The number of aromatic nitrogens is 3. The van der Waals surface area contributed by atoms with Crippen molar-refractivity contribution < 1.29 is 4.79 Å². The first-order valence-electron chi connectivity index (χ1n) is 7.68. The largest absolute Gasteiger partial charge is 0.325 e. The van der Waals surface area contributed by atoms with Gasteiger partial charge in [0.05, 0.1) is 27.3 Å². The van der Waals surface area contributed by atoms with Gasteiger partial charge in [-0.05, 0) is 30.3 Å². The molecule has 124 valence electrons. The molecule has 0 spiro atoms. The standard InChI is InChI=1S/C18H14N4O2S/c23-16(19-12-6-7-14-15(9-12)22-18(24)21-14)10-25-17-8-5-11-3-1-2-4-13(11)20-17/h1-9H,10H2,(H,19,23)(H2,21,22,24). The number of hydrogen-bond donors (Lipinski definition) is 3. The number of pyridine rings is 1. The van der Waals surface area contributed by atoms with Gasteiger partial charge in [0.2, 0.25) is 5.91 Å². The highest BCUT2D eigenvalue weighted by molar-refractivity contribution is 7.99. The molecule has 1 amide bonds. The Labute approximate surface area is 146 Å². The Balaban J connectivity index is 1.42. The van der Waals surface area contributed by atoms with Crippen LogP contribution in [0.25, 0.3) is 21.9 Å². The number of nitrogens with one attached hydrogen (secondary N) is 3. The van der Waals surface area contributed by atoms with E-state index >= 15 is 0 Å². The quantitative estimate of drug-likeness (QED) is 0.493. The summed E-state index contributed by atoms with van der Waals surface area (Å²) in [7, 11) is 0. The van der Waals surface area contributed by atoms with Crippen molar-refractivity contribution >= 4 is 45.3 Å². The number of H-pyrrole nitrogens is 2. The molecule has 4 aromatic rings. The summed E-state index contributed by atoms with van der Waals surface area (Å²) >= 11 is 1.38. The number of benzene rings is 2. The van der Waals surface area contributed by atoms with Crippen LogP contribution in [0.1, 0.15) is 0 Å². The number of hydrogen-bond acceptors (Lipinski definition) is 4. The summed E-state index contributed by atoms with van der Waals surface area (Å²) < 4.78 is 0. The number of carbonyl (C=O) groups excluding carboxylic acids is 1. The maximum atomic E-state index is 12.2. The number of nitrogens with zero attached hydrogens (tertiary/aromatic N) is 1. The second-order valence-electron chi connectivity index (χ2n) is 5.52. The Morgan fingerprint density at radius 3 is 2.80 bits per heavy atom. The molecule has 6 nitrogen and oxygen atoms in total. The summed E-state index contributed by atoms with van der Waals surface area (Å²) in [6.45, 7) is 0. The molecule has 0 aliphatic carbocycles. The Bertz CT molecular complexity index is 1130. The highest BCUT2D eigenvalue weighted by Gasteiger charge is 2.07. The van der Waals surface area contributed by atoms with E-state index in [0.717, 1.165) is 15.9 Å². The van der Waals surface area contributed by atoms with Crippen molar-refractivity contribution in [1.29, 1.82) is 0 Å². The lowest BCUT2D eigenvalue weighted by atomic mass is 10.2. The monoisotopic (exact) mass is 350 g/mol. The molecule has 0 aliphatic rings. The number of para-hydroxylation sites is 1. The van der Waals surface area contributed by atoms with Crippen LogP contribution in [-0.4, -0.2) is 26.6 Å².